The van der Waals surface area contributed by atoms with Crippen LogP contribution in [0.3, 0.4) is 0 Å². The number of amides is 1. The Bertz CT molecular complexity index is 830. The second-order valence-electron chi connectivity index (χ2n) is 9.74. The molecule has 7 heteroatoms. The van der Waals surface area contributed by atoms with Crippen LogP contribution in [0.2, 0.25) is 0 Å². The second-order valence-corrected chi connectivity index (χ2v) is 11.7. The Morgan fingerprint density at radius 3 is 2.29 bits per heavy atom. The summed E-state index contributed by atoms with van der Waals surface area (Å²) in [6, 6.07) is 7.52. The average Bonchev–Trinajstić information content (AvgIpc) is 2.77. The topological polar surface area (TPSA) is 69.7 Å². The lowest BCUT2D eigenvalue weighted by atomic mass is 9.97. The largest absolute Gasteiger partial charge is 0.354 e. The number of nitrogens with zero attached hydrogens (tertiary/aromatic N) is 2. The van der Waals surface area contributed by atoms with Crippen molar-refractivity contribution in [2.45, 2.75) is 70.2 Å². The number of likely N-dealkylation sites (tertiary alicyclic amines) is 1. The summed E-state index contributed by atoms with van der Waals surface area (Å²) >= 11 is 0. The molecule has 0 aliphatic carbocycles. The third-order valence-electron chi connectivity index (χ3n) is 6.89. The van der Waals surface area contributed by atoms with Crippen molar-refractivity contribution in [2.75, 3.05) is 32.7 Å². The van der Waals surface area contributed by atoms with E-state index in [9.17, 15) is 13.2 Å². The fourth-order valence-electron chi connectivity index (χ4n) is 4.68. The van der Waals surface area contributed by atoms with Crippen LogP contribution in [-0.2, 0) is 14.8 Å². The predicted molar refractivity (Wildman–Crippen MR) is 124 cm³/mol. The number of sulfonamides is 1. The van der Waals surface area contributed by atoms with Crippen molar-refractivity contribution in [3.63, 3.8) is 0 Å². The Balaban J connectivity index is 1.48. The Kier molecular flexibility index (Phi) is 8.16. The van der Waals surface area contributed by atoms with Crippen molar-refractivity contribution < 1.29 is 13.2 Å². The average molecular weight is 450 g/mol. The fraction of sp³-hybridized carbons (Fsp3) is 0.708. The molecular weight excluding hydrogens is 410 g/mol. The number of hydrogen-bond donors (Lipinski definition) is 1. The van der Waals surface area contributed by atoms with E-state index < -0.39 is 10.0 Å². The molecule has 6 nitrogen and oxygen atoms in total. The van der Waals surface area contributed by atoms with Gasteiger partial charge in [-0.15, -0.1) is 0 Å². The van der Waals surface area contributed by atoms with Crippen molar-refractivity contribution in [3.05, 3.63) is 29.8 Å². The summed E-state index contributed by atoms with van der Waals surface area (Å²) in [4.78, 5) is 15.5. The highest BCUT2D eigenvalue weighted by Crippen LogP contribution is 2.25. The molecule has 0 saturated carbocycles. The first kappa shape index (κ1) is 24.2. The van der Waals surface area contributed by atoms with Gasteiger partial charge in [-0.3, -0.25) is 9.69 Å². The van der Waals surface area contributed by atoms with E-state index in [-0.39, 0.29) is 11.8 Å². The molecule has 3 rings (SSSR count). The van der Waals surface area contributed by atoms with Gasteiger partial charge in [-0.05, 0) is 68.7 Å². The molecule has 1 amide bonds. The molecule has 0 bridgehead atoms. The van der Waals surface area contributed by atoms with E-state index >= 15 is 0 Å². The minimum Gasteiger partial charge on any atom is -0.354 e. The zero-order valence-electron chi connectivity index (χ0n) is 19.5. The molecule has 1 N–H and O–H groups in total. The van der Waals surface area contributed by atoms with Crippen molar-refractivity contribution in [1.82, 2.24) is 14.5 Å². The highest BCUT2D eigenvalue weighted by Gasteiger charge is 2.32. The Morgan fingerprint density at radius 2 is 1.71 bits per heavy atom. The molecule has 1 aromatic carbocycles. The lowest BCUT2D eigenvalue weighted by Crippen LogP contribution is -2.48. The van der Waals surface area contributed by atoms with Gasteiger partial charge in [-0.1, -0.05) is 32.9 Å². The zero-order chi connectivity index (χ0) is 22.6. The molecule has 2 saturated heterocycles. The van der Waals surface area contributed by atoms with Crippen molar-refractivity contribution in [3.8, 4) is 0 Å². The van der Waals surface area contributed by atoms with Crippen LogP contribution in [0, 0.1) is 11.8 Å². The summed E-state index contributed by atoms with van der Waals surface area (Å²) in [6.07, 6.45) is 3.67. The van der Waals surface area contributed by atoms with Gasteiger partial charge in [0.2, 0.25) is 15.9 Å². The highest BCUT2D eigenvalue weighted by atomic mass is 32.2. The third kappa shape index (κ3) is 6.08. The molecule has 174 valence electrons. The molecule has 2 aliphatic rings. The third-order valence-corrected chi connectivity index (χ3v) is 8.81. The molecule has 1 aromatic rings. The van der Waals surface area contributed by atoms with Crippen LogP contribution in [-0.4, -0.2) is 62.3 Å². The molecule has 2 aliphatic heterocycles. The predicted octanol–water partition coefficient (Wildman–Crippen LogP) is 3.45. The number of benzene rings is 1. The number of nitrogens with one attached hydrogen (secondary N) is 1. The quantitative estimate of drug-likeness (QED) is 0.692. The summed E-state index contributed by atoms with van der Waals surface area (Å²) in [5.41, 5.74) is 1.13. The number of piperidine rings is 2. The van der Waals surface area contributed by atoms with Crippen LogP contribution >= 0.6 is 0 Å². The number of carbonyl (C=O) groups excluding carboxylic acids is 1. The van der Waals surface area contributed by atoms with Gasteiger partial charge in [0.25, 0.3) is 0 Å². The monoisotopic (exact) mass is 449 g/mol. The van der Waals surface area contributed by atoms with Crippen LogP contribution in [0.4, 0.5) is 0 Å². The second kappa shape index (κ2) is 10.5. The van der Waals surface area contributed by atoms with Crippen LogP contribution in [0.5, 0.6) is 0 Å². The van der Waals surface area contributed by atoms with Crippen LogP contribution in [0.1, 0.15) is 64.9 Å². The summed E-state index contributed by atoms with van der Waals surface area (Å²) in [5, 5.41) is 3.12. The first-order chi connectivity index (χ1) is 14.7. The van der Waals surface area contributed by atoms with Gasteiger partial charge in [0.1, 0.15) is 0 Å². The van der Waals surface area contributed by atoms with E-state index in [0.717, 1.165) is 24.6 Å². The van der Waals surface area contributed by atoms with Gasteiger partial charge in [0.05, 0.1) is 4.90 Å². The van der Waals surface area contributed by atoms with Crippen LogP contribution < -0.4 is 5.32 Å². The van der Waals surface area contributed by atoms with E-state index in [4.69, 9.17) is 0 Å². The number of rotatable bonds is 7. The van der Waals surface area contributed by atoms with Gasteiger partial charge in [-0.2, -0.15) is 4.31 Å². The normalized spacial score (nSPS) is 23.1. The van der Waals surface area contributed by atoms with Gasteiger partial charge in [0, 0.05) is 38.1 Å². The molecule has 2 unspecified atom stereocenters. The molecule has 2 heterocycles. The SMILES string of the molecule is CC1CCCN(C(C)CNC(=O)C2CCN(S(=O)(=O)c3ccc(C(C)C)cc3)CC2)C1. The number of hydrogen-bond acceptors (Lipinski definition) is 4. The molecule has 0 radical (unpaired) electrons. The summed E-state index contributed by atoms with van der Waals surface area (Å²) in [7, 11) is -3.50. The van der Waals surface area contributed by atoms with E-state index in [1.54, 1.807) is 12.1 Å². The highest BCUT2D eigenvalue weighted by molar-refractivity contribution is 7.89. The molecule has 0 aromatic heterocycles. The standard InChI is InChI=1S/C24H39N3O3S/c1-18(2)21-7-9-23(10-8-21)31(29,30)27-14-11-22(12-15-27)24(28)25-16-20(4)26-13-5-6-19(3)17-26/h7-10,18-20,22H,5-6,11-17H2,1-4H3,(H,25,28). The first-order valence-corrected chi connectivity index (χ1v) is 13.2. The maximum atomic E-state index is 13.0. The van der Waals surface area contributed by atoms with E-state index in [0.29, 0.717) is 49.3 Å². The van der Waals surface area contributed by atoms with Crippen LogP contribution in [0.15, 0.2) is 29.2 Å². The van der Waals surface area contributed by atoms with E-state index in [2.05, 4.69) is 37.9 Å². The van der Waals surface area contributed by atoms with E-state index in [1.165, 1.54) is 17.1 Å². The Labute approximate surface area is 188 Å². The van der Waals surface area contributed by atoms with Gasteiger partial charge < -0.3 is 5.32 Å². The van der Waals surface area contributed by atoms with Crippen LogP contribution in [0.25, 0.3) is 0 Å². The Hall–Kier alpha value is -1.44. The van der Waals surface area contributed by atoms with Crippen molar-refractivity contribution in [1.29, 1.82) is 0 Å². The van der Waals surface area contributed by atoms with Gasteiger partial charge in [-0.25, -0.2) is 8.42 Å². The maximum Gasteiger partial charge on any atom is 0.243 e. The smallest absolute Gasteiger partial charge is 0.243 e. The van der Waals surface area contributed by atoms with Crippen molar-refractivity contribution in [2.24, 2.45) is 11.8 Å². The molecule has 2 fully saturated rings. The summed E-state index contributed by atoms with van der Waals surface area (Å²) < 4.78 is 27.5. The molecule has 2 atom stereocenters. The molecular formula is C24H39N3O3S. The summed E-state index contributed by atoms with van der Waals surface area (Å²) in [5.74, 6) is 1.05. The molecule has 31 heavy (non-hydrogen) atoms. The molecule has 0 spiro atoms. The zero-order valence-corrected chi connectivity index (χ0v) is 20.3. The summed E-state index contributed by atoms with van der Waals surface area (Å²) in [6.45, 7) is 12.3. The first-order valence-electron chi connectivity index (χ1n) is 11.8. The minimum absolute atomic E-state index is 0.0650. The Morgan fingerprint density at radius 1 is 1.06 bits per heavy atom. The van der Waals surface area contributed by atoms with Gasteiger partial charge >= 0.3 is 0 Å². The lowest BCUT2D eigenvalue weighted by molar-refractivity contribution is -0.126. The van der Waals surface area contributed by atoms with Crippen molar-refractivity contribution >= 4 is 15.9 Å². The number of carbonyl (C=O) groups is 1. The maximum absolute atomic E-state index is 13.0. The minimum atomic E-state index is -3.50. The van der Waals surface area contributed by atoms with Gasteiger partial charge in [0.15, 0.2) is 0 Å². The van der Waals surface area contributed by atoms with E-state index in [1.807, 2.05) is 12.1 Å². The fourth-order valence-corrected chi connectivity index (χ4v) is 6.15. The lowest BCUT2D eigenvalue weighted by Gasteiger charge is -2.36.